The van der Waals surface area contributed by atoms with Crippen LogP contribution in [0.3, 0.4) is 0 Å². The molecule has 1 aliphatic rings. The molecule has 3 aromatic rings. The first kappa shape index (κ1) is 18.5. The van der Waals surface area contributed by atoms with Crippen molar-refractivity contribution in [3.63, 3.8) is 0 Å². The molecule has 3 aromatic carbocycles. The number of phenols is 1. The van der Waals surface area contributed by atoms with Gasteiger partial charge in [0, 0.05) is 16.6 Å². The van der Waals surface area contributed by atoms with E-state index in [1.54, 1.807) is 25.1 Å². The van der Waals surface area contributed by atoms with Gasteiger partial charge in [-0.05, 0) is 30.5 Å². The third-order valence-electron chi connectivity index (χ3n) is 5.03. The van der Waals surface area contributed by atoms with Crippen LogP contribution in [-0.4, -0.2) is 24.1 Å². The van der Waals surface area contributed by atoms with Gasteiger partial charge >= 0.3 is 5.97 Å². The third kappa shape index (κ3) is 3.06. The number of fused-ring (bicyclic) bond motifs is 1. The normalized spacial score (nSPS) is 15.4. The zero-order valence-corrected chi connectivity index (χ0v) is 16.0. The number of rotatable bonds is 3. The maximum atomic E-state index is 13.4. The molecule has 0 unspecified atom stereocenters. The highest BCUT2D eigenvalue weighted by molar-refractivity contribution is 6.25. The fourth-order valence-electron chi connectivity index (χ4n) is 3.64. The van der Waals surface area contributed by atoms with E-state index in [1.807, 2.05) is 42.5 Å². The Balaban J connectivity index is 1.93. The van der Waals surface area contributed by atoms with E-state index in [2.05, 4.69) is 0 Å². The van der Waals surface area contributed by atoms with Crippen LogP contribution in [0.25, 0.3) is 16.8 Å². The van der Waals surface area contributed by atoms with E-state index in [0.29, 0.717) is 16.9 Å². The maximum Gasteiger partial charge on any atom is 0.340 e. The van der Waals surface area contributed by atoms with Crippen molar-refractivity contribution < 1.29 is 19.4 Å². The van der Waals surface area contributed by atoms with Gasteiger partial charge in [-0.3, -0.25) is 9.69 Å². The lowest BCUT2D eigenvalue weighted by atomic mass is 10.0. The maximum absolute atomic E-state index is 13.4. The number of carbonyl (C=O) groups excluding carboxylic acids is 2. The van der Waals surface area contributed by atoms with E-state index in [-0.39, 0.29) is 22.8 Å². The topological polar surface area (TPSA) is 66.8 Å². The summed E-state index contributed by atoms with van der Waals surface area (Å²) in [6.45, 7) is 1.72. The highest BCUT2D eigenvalue weighted by Crippen LogP contribution is 2.39. The predicted molar refractivity (Wildman–Crippen MR) is 112 cm³/mol. The second-order valence-corrected chi connectivity index (χ2v) is 6.71. The fourth-order valence-corrected chi connectivity index (χ4v) is 3.64. The molecule has 5 nitrogen and oxygen atoms in total. The predicted octanol–water partition coefficient (Wildman–Crippen LogP) is 4.42. The van der Waals surface area contributed by atoms with E-state index in [0.717, 1.165) is 10.8 Å². The number of para-hydroxylation sites is 1. The first-order chi connectivity index (χ1) is 14.0. The van der Waals surface area contributed by atoms with Crippen molar-refractivity contribution in [3.05, 3.63) is 89.1 Å². The van der Waals surface area contributed by atoms with Crippen LogP contribution in [0.2, 0.25) is 0 Å². The number of hydrogen-bond donors (Lipinski definition) is 1. The molecule has 5 heteroatoms. The molecule has 1 aliphatic heterocycles. The molecule has 0 saturated carbocycles. The van der Waals surface area contributed by atoms with E-state index < -0.39 is 5.97 Å². The molecule has 144 valence electrons. The molecule has 0 aliphatic carbocycles. The number of hydrogen-bond acceptors (Lipinski definition) is 4. The van der Waals surface area contributed by atoms with Crippen molar-refractivity contribution >= 4 is 34.4 Å². The lowest BCUT2D eigenvalue weighted by Crippen LogP contribution is -2.24. The summed E-state index contributed by atoms with van der Waals surface area (Å²) in [6.07, 6.45) is 1.53. The highest BCUT2D eigenvalue weighted by Gasteiger charge is 2.38. The Kier molecular flexibility index (Phi) is 4.64. The average Bonchev–Trinajstić information content (AvgIpc) is 2.98. The van der Waals surface area contributed by atoms with Gasteiger partial charge in [0.1, 0.15) is 5.75 Å². The molecule has 1 N–H and O–H groups in total. The second kappa shape index (κ2) is 7.28. The number of amides is 1. The minimum Gasteiger partial charge on any atom is -0.507 e. The average molecular weight is 385 g/mol. The van der Waals surface area contributed by atoms with Gasteiger partial charge in [-0.1, -0.05) is 54.6 Å². The van der Waals surface area contributed by atoms with Gasteiger partial charge in [-0.15, -0.1) is 0 Å². The van der Waals surface area contributed by atoms with E-state index in [9.17, 15) is 14.7 Å². The van der Waals surface area contributed by atoms with Crippen molar-refractivity contribution in [2.75, 3.05) is 12.0 Å². The smallest absolute Gasteiger partial charge is 0.340 e. The standard InChI is InChI=1S/C24H19NO4/c1-15-22(24(28)29-2)19(14-17-9-4-6-13-21(17)26)23(27)25(15)20-12-7-10-16-8-3-5-11-18(16)20/h3-14,26H,1-2H3/b19-14-. The quantitative estimate of drug-likeness (QED) is 0.535. The van der Waals surface area contributed by atoms with Crippen molar-refractivity contribution in [2.45, 2.75) is 6.92 Å². The molecule has 0 fully saturated rings. The largest absolute Gasteiger partial charge is 0.507 e. The minimum absolute atomic E-state index is 0.0262. The third-order valence-corrected chi connectivity index (χ3v) is 5.03. The van der Waals surface area contributed by atoms with Crippen LogP contribution >= 0.6 is 0 Å². The Labute approximate surface area is 168 Å². The molecule has 0 spiro atoms. The lowest BCUT2D eigenvalue weighted by molar-refractivity contribution is -0.136. The van der Waals surface area contributed by atoms with Gasteiger partial charge in [0.05, 0.1) is 23.9 Å². The fraction of sp³-hybridized carbons (Fsp3) is 0.0833. The molecule has 0 atom stereocenters. The lowest BCUT2D eigenvalue weighted by Gasteiger charge is -2.20. The van der Waals surface area contributed by atoms with Crippen molar-refractivity contribution in [3.8, 4) is 5.75 Å². The van der Waals surface area contributed by atoms with Crippen LogP contribution < -0.4 is 4.90 Å². The number of ether oxygens (including phenoxy) is 1. The Hall–Kier alpha value is -3.86. The summed E-state index contributed by atoms with van der Waals surface area (Å²) in [5.74, 6) is -0.916. The molecule has 0 saturated heterocycles. The van der Waals surface area contributed by atoms with E-state index >= 15 is 0 Å². The summed E-state index contributed by atoms with van der Waals surface area (Å²) in [6, 6.07) is 20.1. The van der Waals surface area contributed by atoms with Crippen molar-refractivity contribution in [2.24, 2.45) is 0 Å². The molecule has 0 bridgehead atoms. The van der Waals surface area contributed by atoms with Crippen molar-refractivity contribution in [1.82, 2.24) is 0 Å². The van der Waals surface area contributed by atoms with Crippen LogP contribution in [0.15, 0.2) is 83.6 Å². The molecule has 1 amide bonds. The molecule has 29 heavy (non-hydrogen) atoms. The minimum atomic E-state index is -0.597. The molecule has 4 rings (SSSR count). The number of nitrogens with zero attached hydrogens (tertiary/aromatic N) is 1. The highest BCUT2D eigenvalue weighted by atomic mass is 16.5. The van der Waals surface area contributed by atoms with Crippen molar-refractivity contribution in [1.29, 1.82) is 0 Å². The number of esters is 1. The summed E-state index contributed by atoms with van der Waals surface area (Å²) < 4.78 is 4.94. The van der Waals surface area contributed by atoms with Gasteiger partial charge in [0.15, 0.2) is 0 Å². The molecule has 0 radical (unpaired) electrons. The monoisotopic (exact) mass is 385 g/mol. The first-order valence-electron chi connectivity index (χ1n) is 9.14. The molecular weight excluding hydrogens is 366 g/mol. The number of anilines is 1. The molecular formula is C24H19NO4. The van der Waals surface area contributed by atoms with Crippen LogP contribution in [0.1, 0.15) is 12.5 Å². The summed E-state index contributed by atoms with van der Waals surface area (Å²) in [5.41, 5.74) is 2.00. The Bertz CT molecular complexity index is 1200. The summed E-state index contributed by atoms with van der Waals surface area (Å²) in [4.78, 5) is 27.5. The van der Waals surface area contributed by atoms with E-state index in [4.69, 9.17) is 4.74 Å². The van der Waals surface area contributed by atoms with Crippen LogP contribution in [0, 0.1) is 0 Å². The van der Waals surface area contributed by atoms with Crippen LogP contribution in [0.5, 0.6) is 5.75 Å². The SMILES string of the molecule is COC(=O)C1=C(C)N(c2cccc3ccccc23)C(=O)/C1=C\c1ccccc1O. The van der Waals surface area contributed by atoms with E-state index in [1.165, 1.54) is 24.2 Å². The summed E-state index contributed by atoms with van der Waals surface area (Å²) in [7, 11) is 1.28. The van der Waals surface area contributed by atoms with Gasteiger partial charge in [0.2, 0.25) is 0 Å². The van der Waals surface area contributed by atoms with Crippen LogP contribution in [0.4, 0.5) is 5.69 Å². The molecule has 1 heterocycles. The number of carbonyl (C=O) groups is 2. The Morgan fingerprint density at radius 2 is 1.69 bits per heavy atom. The zero-order chi connectivity index (χ0) is 20.5. The first-order valence-corrected chi connectivity index (χ1v) is 9.14. The number of methoxy groups -OCH3 is 1. The summed E-state index contributed by atoms with van der Waals surface area (Å²) >= 11 is 0. The Morgan fingerprint density at radius 3 is 2.45 bits per heavy atom. The van der Waals surface area contributed by atoms with Gasteiger partial charge in [0.25, 0.3) is 5.91 Å². The number of benzene rings is 3. The summed E-state index contributed by atoms with van der Waals surface area (Å²) in [5, 5.41) is 12.0. The number of allylic oxidation sites excluding steroid dienone is 1. The van der Waals surface area contributed by atoms with Gasteiger partial charge in [-0.25, -0.2) is 4.79 Å². The van der Waals surface area contributed by atoms with Crippen LogP contribution in [-0.2, 0) is 14.3 Å². The zero-order valence-electron chi connectivity index (χ0n) is 16.0. The van der Waals surface area contributed by atoms with Gasteiger partial charge < -0.3 is 9.84 Å². The number of phenolic OH excluding ortho intramolecular Hbond substituents is 1. The van der Waals surface area contributed by atoms with Gasteiger partial charge in [-0.2, -0.15) is 0 Å². The second-order valence-electron chi connectivity index (χ2n) is 6.71. The Morgan fingerprint density at radius 1 is 1.00 bits per heavy atom. The number of aromatic hydroxyl groups is 1. The molecule has 0 aromatic heterocycles.